The van der Waals surface area contributed by atoms with Gasteiger partial charge in [-0.2, -0.15) is 0 Å². The maximum atomic E-state index is 12.6. The second kappa shape index (κ2) is 6.42. The van der Waals surface area contributed by atoms with E-state index in [9.17, 15) is 9.59 Å². The van der Waals surface area contributed by atoms with E-state index in [4.69, 9.17) is 0 Å². The first-order valence-electron chi connectivity index (χ1n) is 8.42. The first-order chi connectivity index (χ1) is 12.6. The molecular weight excluding hydrogens is 348 g/mol. The van der Waals surface area contributed by atoms with Crippen molar-refractivity contribution in [2.45, 2.75) is 26.9 Å². The normalized spacial score (nSPS) is 11.3. The minimum atomic E-state index is -0.230. The van der Waals surface area contributed by atoms with Crippen LogP contribution in [0, 0.1) is 6.92 Å². The maximum absolute atomic E-state index is 12.6. The van der Waals surface area contributed by atoms with Crippen LogP contribution in [0.2, 0.25) is 0 Å². The van der Waals surface area contributed by atoms with Crippen LogP contribution in [-0.4, -0.2) is 20.0 Å². The summed E-state index contributed by atoms with van der Waals surface area (Å²) in [7, 11) is 0. The highest BCUT2D eigenvalue weighted by Crippen LogP contribution is 2.24. The van der Waals surface area contributed by atoms with Crippen molar-refractivity contribution in [3.63, 3.8) is 0 Å². The molecule has 2 aromatic carbocycles. The molecule has 1 N–H and O–H groups in total. The fourth-order valence-corrected chi connectivity index (χ4v) is 4.06. The van der Waals surface area contributed by atoms with Gasteiger partial charge in [-0.25, -0.2) is 9.78 Å². The van der Waals surface area contributed by atoms with Crippen molar-refractivity contribution in [2.75, 3.05) is 5.32 Å². The van der Waals surface area contributed by atoms with Crippen LogP contribution in [0.15, 0.2) is 47.3 Å². The Morgan fingerprint density at radius 2 is 1.88 bits per heavy atom. The van der Waals surface area contributed by atoms with E-state index in [1.54, 1.807) is 15.9 Å². The van der Waals surface area contributed by atoms with Crippen molar-refractivity contribution < 1.29 is 4.79 Å². The van der Waals surface area contributed by atoms with E-state index in [0.29, 0.717) is 12.2 Å². The average molecular weight is 366 g/mol. The highest BCUT2D eigenvalue weighted by Gasteiger charge is 2.14. The lowest BCUT2D eigenvalue weighted by Crippen LogP contribution is -2.29. The van der Waals surface area contributed by atoms with Crippen LogP contribution >= 0.6 is 11.3 Å². The molecule has 0 saturated heterocycles. The van der Waals surface area contributed by atoms with E-state index in [2.05, 4.69) is 10.3 Å². The van der Waals surface area contributed by atoms with E-state index in [-0.39, 0.29) is 18.1 Å². The summed E-state index contributed by atoms with van der Waals surface area (Å²) in [4.78, 5) is 29.6. The number of imidazole rings is 1. The van der Waals surface area contributed by atoms with Crippen LogP contribution in [0.4, 0.5) is 5.69 Å². The van der Waals surface area contributed by atoms with Crippen molar-refractivity contribution >= 4 is 44.2 Å². The number of anilines is 1. The summed E-state index contributed by atoms with van der Waals surface area (Å²) >= 11 is 1.59. The van der Waals surface area contributed by atoms with Crippen LogP contribution < -0.4 is 11.0 Å². The third-order valence-electron chi connectivity index (χ3n) is 4.32. The summed E-state index contributed by atoms with van der Waals surface area (Å²) in [5.74, 6) is -0.230. The Balaban J connectivity index is 1.62. The maximum Gasteiger partial charge on any atom is 0.329 e. The molecule has 0 aliphatic heterocycles. The molecule has 0 bridgehead atoms. The van der Waals surface area contributed by atoms with Crippen molar-refractivity contribution in [1.82, 2.24) is 14.1 Å². The van der Waals surface area contributed by atoms with E-state index >= 15 is 0 Å². The number of fused-ring (bicyclic) bond motifs is 2. The van der Waals surface area contributed by atoms with E-state index < -0.39 is 0 Å². The zero-order valence-electron chi connectivity index (χ0n) is 14.5. The van der Waals surface area contributed by atoms with E-state index in [1.165, 1.54) is 4.57 Å². The summed E-state index contributed by atoms with van der Waals surface area (Å²) in [5, 5.41) is 3.87. The number of aryl methyl sites for hydroxylation is 2. The van der Waals surface area contributed by atoms with Crippen LogP contribution in [0.3, 0.4) is 0 Å². The number of nitrogens with one attached hydrogen (secondary N) is 1. The molecule has 7 heteroatoms. The number of para-hydroxylation sites is 2. The summed E-state index contributed by atoms with van der Waals surface area (Å²) in [6, 6.07) is 13.2. The minimum absolute atomic E-state index is 0.0217. The van der Waals surface area contributed by atoms with Gasteiger partial charge < -0.3 is 5.32 Å². The molecule has 6 nitrogen and oxygen atoms in total. The number of hydrogen-bond acceptors (Lipinski definition) is 4. The predicted octanol–water partition coefficient (Wildman–Crippen LogP) is 3.38. The van der Waals surface area contributed by atoms with Gasteiger partial charge in [-0.05, 0) is 44.2 Å². The third kappa shape index (κ3) is 2.80. The number of carbonyl (C=O) groups excluding carboxylic acids is 1. The second-order valence-corrected chi connectivity index (χ2v) is 7.30. The number of thiazole rings is 1. The summed E-state index contributed by atoms with van der Waals surface area (Å²) < 4.78 is 4.22. The average Bonchev–Trinajstić information content (AvgIpc) is 3.11. The molecule has 26 heavy (non-hydrogen) atoms. The summed E-state index contributed by atoms with van der Waals surface area (Å²) in [6.07, 6.45) is 0. The van der Waals surface area contributed by atoms with Gasteiger partial charge in [0.2, 0.25) is 5.91 Å². The topological polar surface area (TPSA) is 68.9 Å². The molecule has 2 aromatic heterocycles. The lowest BCUT2D eigenvalue weighted by molar-refractivity contribution is -0.116. The Labute approximate surface area is 153 Å². The van der Waals surface area contributed by atoms with Gasteiger partial charge in [0.25, 0.3) is 0 Å². The van der Waals surface area contributed by atoms with Crippen molar-refractivity contribution in [2.24, 2.45) is 0 Å². The fourth-order valence-electron chi connectivity index (χ4n) is 3.19. The van der Waals surface area contributed by atoms with Crippen molar-refractivity contribution in [3.8, 4) is 0 Å². The highest BCUT2D eigenvalue weighted by atomic mass is 32.1. The Bertz CT molecular complexity index is 1190. The SMILES string of the molecule is CCn1c(=O)n(CC(=O)Nc2ccc3nc(C)sc3c2)c2ccccc21. The summed E-state index contributed by atoms with van der Waals surface area (Å²) in [5.41, 5.74) is 3.07. The molecule has 0 spiro atoms. The van der Waals surface area contributed by atoms with Gasteiger partial charge in [-0.1, -0.05) is 12.1 Å². The van der Waals surface area contributed by atoms with Crippen LogP contribution in [0.5, 0.6) is 0 Å². The number of aromatic nitrogens is 3. The van der Waals surface area contributed by atoms with Gasteiger partial charge in [-0.3, -0.25) is 13.9 Å². The fraction of sp³-hybridized carbons (Fsp3) is 0.211. The molecule has 132 valence electrons. The molecule has 4 rings (SSSR count). The number of amides is 1. The van der Waals surface area contributed by atoms with E-state index in [0.717, 1.165) is 26.3 Å². The number of benzene rings is 2. The molecule has 0 aliphatic rings. The zero-order chi connectivity index (χ0) is 18.3. The molecule has 1 amide bonds. The Kier molecular flexibility index (Phi) is 4.08. The first-order valence-corrected chi connectivity index (χ1v) is 9.23. The van der Waals surface area contributed by atoms with Crippen LogP contribution in [0.1, 0.15) is 11.9 Å². The lowest BCUT2D eigenvalue weighted by Gasteiger charge is -2.06. The molecule has 2 heterocycles. The number of nitrogens with zero attached hydrogens (tertiary/aromatic N) is 3. The van der Waals surface area contributed by atoms with Crippen LogP contribution in [-0.2, 0) is 17.9 Å². The molecule has 0 radical (unpaired) electrons. The Morgan fingerprint density at radius 1 is 1.15 bits per heavy atom. The third-order valence-corrected chi connectivity index (χ3v) is 5.26. The monoisotopic (exact) mass is 366 g/mol. The molecule has 4 aromatic rings. The quantitative estimate of drug-likeness (QED) is 0.602. The second-order valence-electron chi connectivity index (χ2n) is 6.07. The van der Waals surface area contributed by atoms with Gasteiger partial charge in [0, 0.05) is 12.2 Å². The van der Waals surface area contributed by atoms with Gasteiger partial charge >= 0.3 is 5.69 Å². The van der Waals surface area contributed by atoms with Gasteiger partial charge in [0.1, 0.15) is 6.54 Å². The molecule has 0 unspecified atom stereocenters. The first kappa shape index (κ1) is 16.5. The predicted molar refractivity (Wildman–Crippen MR) is 105 cm³/mol. The molecule has 0 saturated carbocycles. The highest BCUT2D eigenvalue weighted by molar-refractivity contribution is 7.18. The van der Waals surface area contributed by atoms with E-state index in [1.807, 2.05) is 56.3 Å². The number of carbonyl (C=O) groups is 1. The Morgan fingerprint density at radius 3 is 2.62 bits per heavy atom. The minimum Gasteiger partial charge on any atom is -0.324 e. The zero-order valence-corrected chi connectivity index (χ0v) is 15.3. The number of rotatable bonds is 4. The van der Waals surface area contributed by atoms with Crippen molar-refractivity contribution in [1.29, 1.82) is 0 Å². The summed E-state index contributed by atoms with van der Waals surface area (Å²) in [6.45, 7) is 4.42. The van der Waals surface area contributed by atoms with Gasteiger partial charge in [-0.15, -0.1) is 11.3 Å². The molecule has 0 fully saturated rings. The Hall–Kier alpha value is -2.93. The standard InChI is InChI=1S/C19H18N4O2S/c1-3-22-15-6-4-5-7-16(15)23(19(22)25)11-18(24)21-13-8-9-14-17(10-13)26-12(2)20-14/h4-10H,3,11H2,1-2H3,(H,21,24). The smallest absolute Gasteiger partial charge is 0.324 e. The van der Waals surface area contributed by atoms with Crippen LogP contribution in [0.25, 0.3) is 21.3 Å². The molecular formula is C19H18N4O2S. The molecule has 0 atom stereocenters. The largest absolute Gasteiger partial charge is 0.329 e. The van der Waals surface area contributed by atoms with Gasteiger partial charge in [0.05, 0.1) is 26.3 Å². The molecule has 0 aliphatic carbocycles. The number of hydrogen-bond donors (Lipinski definition) is 1. The lowest BCUT2D eigenvalue weighted by atomic mass is 10.3. The van der Waals surface area contributed by atoms with Crippen molar-refractivity contribution in [3.05, 3.63) is 58.0 Å². The van der Waals surface area contributed by atoms with Gasteiger partial charge in [0.15, 0.2) is 0 Å².